The third-order valence-electron chi connectivity index (χ3n) is 4.96. The molecule has 2 atom stereocenters. The number of amides is 1. The van der Waals surface area contributed by atoms with Gasteiger partial charge in [-0.15, -0.1) is 0 Å². The van der Waals surface area contributed by atoms with E-state index >= 15 is 0 Å². The number of fused-ring (bicyclic) bond motifs is 1. The zero-order valence-corrected chi connectivity index (χ0v) is 18.5. The van der Waals surface area contributed by atoms with Crippen LogP contribution in [0, 0.1) is 11.3 Å². The lowest BCUT2D eigenvalue weighted by Gasteiger charge is -2.34. The number of rotatable bonds is 5. The molecule has 2 aliphatic rings. The first kappa shape index (κ1) is 22.2. The summed E-state index contributed by atoms with van der Waals surface area (Å²) >= 11 is 6.11. The van der Waals surface area contributed by atoms with E-state index in [4.69, 9.17) is 21.7 Å². The van der Waals surface area contributed by atoms with Gasteiger partial charge in [0.15, 0.2) is 0 Å². The number of nitrogens with one attached hydrogen (secondary N) is 3. The number of pyridine rings is 1. The van der Waals surface area contributed by atoms with Crippen LogP contribution in [0.15, 0.2) is 24.5 Å². The van der Waals surface area contributed by atoms with Crippen LogP contribution < -0.4 is 10.6 Å². The Morgan fingerprint density at radius 1 is 1.50 bits per heavy atom. The van der Waals surface area contributed by atoms with Crippen molar-refractivity contribution in [3.63, 3.8) is 0 Å². The number of carbonyl (C=O) groups excluding carboxylic acids is 1. The Morgan fingerprint density at radius 2 is 2.30 bits per heavy atom. The van der Waals surface area contributed by atoms with E-state index < -0.39 is 5.60 Å². The van der Waals surface area contributed by atoms with E-state index in [2.05, 4.69) is 15.6 Å². The van der Waals surface area contributed by atoms with Gasteiger partial charge in [0.05, 0.1) is 11.4 Å². The molecule has 0 aromatic carbocycles. The average Bonchev–Trinajstić information content (AvgIpc) is 2.69. The molecule has 0 aliphatic carbocycles. The standard InChI is InChI=1S/C22H30ClN5O2/c1-22(2,3)30-21(29)28-8-4-5-15(14-28)11-25-12-17(10-24)16-9-19-18(26-13-16)6-7-20(23)27-19/h6-7,9-10,12-13,15,20,24-25,27H,4-5,8,11,14H2,1-3H3/b17-12+,24-10?. The number of nitrogens with zero attached hydrogens (tertiary/aromatic N) is 2. The van der Waals surface area contributed by atoms with Gasteiger partial charge in [-0.25, -0.2) is 4.79 Å². The van der Waals surface area contributed by atoms with Crippen molar-refractivity contribution >= 4 is 41.2 Å². The largest absolute Gasteiger partial charge is 0.444 e. The third-order valence-corrected chi connectivity index (χ3v) is 5.21. The molecule has 3 heterocycles. The maximum Gasteiger partial charge on any atom is 0.410 e. The maximum absolute atomic E-state index is 12.3. The monoisotopic (exact) mass is 431 g/mol. The number of anilines is 1. The van der Waals surface area contributed by atoms with E-state index in [-0.39, 0.29) is 11.6 Å². The molecule has 1 amide bonds. The number of allylic oxidation sites excluding steroid dienone is 1. The van der Waals surface area contributed by atoms with Gasteiger partial charge in [-0.3, -0.25) is 4.98 Å². The Morgan fingerprint density at radius 3 is 3.03 bits per heavy atom. The van der Waals surface area contributed by atoms with Crippen LogP contribution in [0.2, 0.25) is 0 Å². The Kier molecular flexibility index (Phi) is 7.02. The van der Waals surface area contributed by atoms with Gasteiger partial charge < -0.3 is 25.7 Å². The number of ether oxygens (including phenoxy) is 1. The van der Waals surface area contributed by atoms with Crippen molar-refractivity contribution in [2.24, 2.45) is 5.92 Å². The summed E-state index contributed by atoms with van der Waals surface area (Å²) in [4.78, 5) is 18.6. The maximum atomic E-state index is 12.3. The first-order valence-corrected chi connectivity index (χ1v) is 10.7. The lowest BCUT2D eigenvalue weighted by Crippen LogP contribution is -2.44. The van der Waals surface area contributed by atoms with Crippen LogP contribution in [0.5, 0.6) is 0 Å². The van der Waals surface area contributed by atoms with Gasteiger partial charge in [0.25, 0.3) is 0 Å². The quantitative estimate of drug-likeness (QED) is 0.367. The summed E-state index contributed by atoms with van der Waals surface area (Å²) in [6.07, 6.45) is 10.4. The van der Waals surface area contributed by atoms with Gasteiger partial charge in [-0.05, 0) is 57.7 Å². The summed E-state index contributed by atoms with van der Waals surface area (Å²) in [6.45, 7) is 7.77. The van der Waals surface area contributed by atoms with E-state index in [1.165, 1.54) is 6.21 Å². The molecule has 162 valence electrons. The van der Waals surface area contributed by atoms with Crippen LogP contribution in [0.1, 0.15) is 44.9 Å². The molecule has 1 saturated heterocycles. The molecule has 3 N–H and O–H groups in total. The Bertz CT molecular complexity index is 846. The highest BCUT2D eigenvalue weighted by molar-refractivity contribution is 6.23. The number of hydrogen-bond acceptors (Lipinski definition) is 6. The zero-order valence-electron chi connectivity index (χ0n) is 17.7. The van der Waals surface area contributed by atoms with Crippen LogP contribution >= 0.6 is 11.6 Å². The van der Waals surface area contributed by atoms with Gasteiger partial charge in [0.2, 0.25) is 0 Å². The van der Waals surface area contributed by atoms with E-state index in [1.807, 2.05) is 45.2 Å². The highest BCUT2D eigenvalue weighted by Gasteiger charge is 2.27. The number of hydrogen-bond donors (Lipinski definition) is 3. The van der Waals surface area contributed by atoms with Gasteiger partial charge in [-0.1, -0.05) is 11.6 Å². The molecule has 2 unspecified atom stereocenters. The molecular weight excluding hydrogens is 402 g/mol. The van der Waals surface area contributed by atoms with Crippen LogP contribution in [0.3, 0.4) is 0 Å². The first-order chi connectivity index (χ1) is 14.2. The topological polar surface area (TPSA) is 90.3 Å². The molecule has 1 fully saturated rings. The van der Waals surface area contributed by atoms with Crippen LogP contribution in [0.4, 0.5) is 10.5 Å². The lowest BCUT2D eigenvalue weighted by atomic mass is 9.98. The summed E-state index contributed by atoms with van der Waals surface area (Å²) in [7, 11) is 0. The Hall–Kier alpha value is -2.54. The number of halogens is 1. The molecule has 3 rings (SSSR count). The number of piperidine rings is 1. The van der Waals surface area contributed by atoms with Crippen molar-refractivity contribution in [2.75, 3.05) is 25.0 Å². The fourth-order valence-corrected chi connectivity index (χ4v) is 3.71. The van der Waals surface area contributed by atoms with Crippen molar-refractivity contribution in [3.05, 3.63) is 35.8 Å². The molecule has 0 saturated carbocycles. The Balaban J connectivity index is 1.58. The molecule has 0 bridgehead atoms. The number of aromatic nitrogens is 1. The van der Waals surface area contributed by atoms with E-state index in [0.29, 0.717) is 12.5 Å². The van der Waals surface area contributed by atoms with Crippen LogP contribution in [-0.2, 0) is 4.74 Å². The van der Waals surface area contributed by atoms with Gasteiger partial charge in [0, 0.05) is 49.4 Å². The summed E-state index contributed by atoms with van der Waals surface area (Å²) in [6, 6.07) is 1.95. The predicted octanol–water partition coefficient (Wildman–Crippen LogP) is 4.31. The fourth-order valence-electron chi connectivity index (χ4n) is 3.52. The smallest absolute Gasteiger partial charge is 0.410 e. The highest BCUT2D eigenvalue weighted by Crippen LogP contribution is 2.26. The van der Waals surface area contributed by atoms with E-state index in [0.717, 1.165) is 48.4 Å². The lowest BCUT2D eigenvalue weighted by molar-refractivity contribution is 0.0168. The molecular formula is C22H30ClN5O2. The number of likely N-dealkylation sites (tertiary alicyclic amines) is 1. The average molecular weight is 432 g/mol. The van der Waals surface area contributed by atoms with Gasteiger partial charge >= 0.3 is 6.09 Å². The Labute approximate surface area is 183 Å². The minimum Gasteiger partial charge on any atom is -0.444 e. The number of alkyl halides is 1. The van der Waals surface area contributed by atoms with E-state index in [9.17, 15) is 4.79 Å². The van der Waals surface area contributed by atoms with Crippen molar-refractivity contribution in [1.29, 1.82) is 5.41 Å². The second kappa shape index (κ2) is 9.51. The fraction of sp³-hybridized carbons (Fsp3) is 0.500. The van der Waals surface area contributed by atoms with Crippen molar-refractivity contribution in [1.82, 2.24) is 15.2 Å². The molecule has 8 heteroatoms. The minimum absolute atomic E-state index is 0.248. The third kappa shape index (κ3) is 5.98. The summed E-state index contributed by atoms with van der Waals surface area (Å²) in [5.74, 6) is 0.333. The van der Waals surface area contributed by atoms with Gasteiger partial charge in [0.1, 0.15) is 11.1 Å². The first-order valence-electron chi connectivity index (χ1n) is 10.3. The van der Waals surface area contributed by atoms with Crippen molar-refractivity contribution < 1.29 is 9.53 Å². The molecule has 30 heavy (non-hydrogen) atoms. The molecule has 0 radical (unpaired) electrons. The summed E-state index contributed by atoms with van der Waals surface area (Å²) < 4.78 is 5.49. The number of carbonyl (C=O) groups is 1. The second-order valence-corrected chi connectivity index (χ2v) is 9.12. The van der Waals surface area contributed by atoms with Crippen LogP contribution in [0.25, 0.3) is 11.6 Å². The zero-order chi connectivity index (χ0) is 21.7. The SMILES string of the molecule is CC(C)(C)OC(=O)N1CCCC(CN/C=C(\C=N)c2cnc3c(c2)NC(Cl)C=C3)C1. The molecule has 7 nitrogen and oxygen atoms in total. The molecule has 2 aliphatic heterocycles. The van der Waals surface area contributed by atoms with Crippen LogP contribution in [-0.4, -0.2) is 52.9 Å². The highest BCUT2D eigenvalue weighted by atomic mass is 35.5. The molecule has 1 aromatic rings. The molecule has 0 spiro atoms. The van der Waals surface area contributed by atoms with E-state index in [1.54, 1.807) is 11.1 Å². The van der Waals surface area contributed by atoms with Crippen molar-refractivity contribution in [2.45, 2.75) is 44.7 Å². The summed E-state index contributed by atoms with van der Waals surface area (Å²) in [5.41, 5.74) is 2.50. The van der Waals surface area contributed by atoms with Crippen molar-refractivity contribution in [3.8, 4) is 0 Å². The predicted molar refractivity (Wildman–Crippen MR) is 122 cm³/mol. The normalized spacial score (nSPS) is 21.5. The molecule has 1 aromatic heterocycles. The van der Waals surface area contributed by atoms with Gasteiger partial charge in [-0.2, -0.15) is 0 Å². The summed E-state index contributed by atoms with van der Waals surface area (Å²) in [5, 5.41) is 14.3. The second-order valence-electron chi connectivity index (χ2n) is 8.65. The minimum atomic E-state index is -0.485.